The van der Waals surface area contributed by atoms with Gasteiger partial charge < -0.3 is 14.6 Å². The van der Waals surface area contributed by atoms with Crippen LogP contribution >= 0.6 is 0 Å². The summed E-state index contributed by atoms with van der Waals surface area (Å²) in [5.41, 5.74) is 1.44. The van der Waals surface area contributed by atoms with E-state index in [1.807, 2.05) is 30.3 Å². The van der Waals surface area contributed by atoms with Crippen molar-refractivity contribution in [3.05, 3.63) is 59.9 Å². The molecule has 4 nitrogen and oxygen atoms in total. The van der Waals surface area contributed by atoms with Gasteiger partial charge in [0.05, 0.1) is 19.9 Å². The van der Waals surface area contributed by atoms with E-state index in [2.05, 4.69) is 4.98 Å². The van der Waals surface area contributed by atoms with Gasteiger partial charge in [-0.3, -0.25) is 4.98 Å². The van der Waals surface area contributed by atoms with Gasteiger partial charge in [-0.15, -0.1) is 0 Å². The monoisotopic (exact) mass is 271 g/mol. The lowest BCUT2D eigenvalue weighted by molar-refractivity contribution is 0.224. The predicted molar refractivity (Wildman–Crippen MR) is 77.8 cm³/mol. The molecule has 1 atom stereocenters. The molecular formula is C16H17NO3. The van der Waals surface area contributed by atoms with Crippen molar-refractivity contribution in [1.82, 2.24) is 4.98 Å². The second-order valence-corrected chi connectivity index (χ2v) is 4.17. The van der Waals surface area contributed by atoms with Crippen LogP contribution in [0.5, 0.6) is 11.5 Å². The average molecular weight is 271 g/mol. The van der Waals surface area contributed by atoms with Gasteiger partial charge in [0.15, 0.2) is 0 Å². The van der Waals surface area contributed by atoms with Crippen LogP contribution in [0.1, 0.15) is 17.4 Å². The van der Waals surface area contributed by atoms with Crippen LogP contribution in [0.15, 0.2) is 48.7 Å². The van der Waals surface area contributed by atoms with E-state index in [9.17, 15) is 5.11 Å². The number of aliphatic hydroxyl groups is 1. The van der Waals surface area contributed by atoms with Crippen LogP contribution in [0.3, 0.4) is 0 Å². The Kier molecular flexibility index (Phi) is 4.74. The lowest BCUT2D eigenvalue weighted by Crippen LogP contribution is -1.96. The van der Waals surface area contributed by atoms with Gasteiger partial charge >= 0.3 is 0 Å². The van der Waals surface area contributed by atoms with Crippen molar-refractivity contribution in [3.8, 4) is 11.5 Å². The highest BCUT2D eigenvalue weighted by atomic mass is 16.5. The molecule has 2 aromatic rings. The van der Waals surface area contributed by atoms with Crippen molar-refractivity contribution in [2.45, 2.75) is 6.10 Å². The lowest BCUT2D eigenvalue weighted by atomic mass is 10.1. The normalized spacial score (nSPS) is 12.3. The van der Waals surface area contributed by atoms with E-state index in [1.165, 1.54) is 0 Å². The summed E-state index contributed by atoms with van der Waals surface area (Å²) >= 11 is 0. The fourth-order valence-electron chi connectivity index (χ4n) is 1.81. The van der Waals surface area contributed by atoms with Gasteiger partial charge in [-0.25, -0.2) is 0 Å². The first-order valence-electron chi connectivity index (χ1n) is 6.24. The van der Waals surface area contributed by atoms with Crippen molar-refractivity contribution < 1.29 is 14.6 Å². The van der Waals surface area contributed by atoms with E-state index in [0.29, 0.717) is 5.69 Å². The highest BCUT2D eigenvalue weighted by Crippen LogP contribution is 2.26. The molecule has 4 heteroatoms. The van der Waals surface area contributed by atoms with Crippen LogP contribution in [-0.4, -0.2) is 24.3 Å². The van der Waals surface area contributed by atoms with Crippen LogP contribution in [0.25, 0.3) is 6.08 Å². The minimum atomic E-state index is -0.757. The van der Waals surface area contributed by atoms with Crippen molar-refractivity contribution in [2.24, 2.45) is 0 Å². The van der Waals surface area contributed by atoms with E-state index in [0.717, 1.165) is 17.1 Å². The van der Waals surface area contributed by atoms with E-state index < -0.39 is 6.10 Å². The molecule has 0 amide bonds. The number of aromatic nitrogens is 1. The minimum Gasteiger partial charge on any atom is -0.497 e. The van der Waals surface area contributed by atoms with Crippen molar-refractivity contribution in [2.75, 3.05) is 14.2 Å². The van der Waals surface area contributed by atoms with Gasteiger partial charge in [0.2, 0.25) is 0 Å². The summed E-state index contributed by atoms with van der Waals surface area (Å²) in [7, 11) is 3.21. The molecule has 0 aliphatic carbocycles. The van der Waals surface area contributed by atoms with Crippen LogP contribution in [0, 0.1) is 0 Å². The van der Waals surface area contributed by atoms with Gasteiger partial charge in [0.25, 0.3) is 0 Å². The SMILES string of the molecule is COc1ccc(OC)c(/C=C/[C@H](O)c2ccccn2)c1. The Morgan fingerprint density at radius 3 is 2.65 bits per heavy atom. The summed E-state index contributed by atoms with van der Waals surface area (Å²) in [5.74, 6) is 1.45. The Morgan fingerprint density at radius 1 is 1.15 bits per heavy atom. The predicted octanol–water partition coefficient (Wildman–Crippen LogP) is 2.85. The Bertz CT molecular complexity index is 582. The summed E-state index contributed by atoms with van der Waals surface area (Å²) in [6.45, 7) is 0. The van der Waals surface area contributed by atoms with Gasteiger partial charge in [0.1, 0.15) is 17.6 Å². The number of ether oxygens (including phenoxy) is 2. The average Bonchev–Trinajstić information content (AvgIpc) is 2.53. The third-order valence-corrected chi connectivity index (χ3v) is 2.89. The zero-order chi connectivity index (χ0) is 14.4. The molecule has 0 aliphatic heterocycles. The topological polar surface area (TPSA) is 51.6 Å². The molecule has 1 N–H and O–H groups in total. The molecule has 1 aromatic carbocycles. The molecule has 0 radical (unpaired) electrons. The fraction of sp³-hybridized carbons (Fsp3) is 0.188. The number of rotatable bonds is 5. The molecule has 104 valence electrons. The zero-order valence-electron chi connectivity index (χ0n) is 11.5. The first-order chi connectivity index (χ1) is 9.74. The molecule has 20 heavy (non-hydrogen) atoms. The molecule has 1 aromatic heterocycles. The number of nitrogens with zero attached hydrogens (tertiary/aromatic N) is 1. The number of aliphatic hydroxyl groups excluding tert-OH is 1. The Balaban J connectivity index is 2.22. The summed E-state index contributed by atoms with van der Waals surface area (Å²) in [4.78, 5) is 4.11. The lowest BCUT2D eigenvalue weighted by Gasteiger charge is -2.08. The summed E-state index contributed by atoms with van der Waals surface area (Å²) in [6.07, 6.45) is 4.35. The third-order valence-electron chi connectivity index (χ3n) is 2.89. The molecule has 0 bridgehead atoms. The van der Waals surface area contributed by atoms with Gasteiger partial charge in [-0.2, -0.15) is 0 Å². The van der Waals surface area contributed by atoms with E-state index in [4.69, 9.17) is 9.47 Å². The standard InChI is InChI=1S/C16H17NO3/c1-19-13-7-9-16(20-2)12(11-13)6-8-15(18)14-5-3-4-10-17-14/h3-11,15,18H,1-2H3/b8-6+/t15-/m0/s1. The summed E-state index contributed by atoms with van der Waals surface area (Å²) < 4.78 is 10.5. The minimum absolute atomic E-state index is 0.602. The molecule has 0 aliphatic rings. The summed E-state index contributed by atoms with van der Waals surface area (Å²) in [5, 5.41) is 10.1. The third kappa shape index (κ3) is 3.36. The molecule has 1 heterocycles. The highest BCUT2D eigenvalue weighted by Gasteiger charge is 2.06. The second-order valence-electron chi connectivity index (χ2n) is 4.17. The molecule has 0 unspecified atom stereocenters. The molecule has 0 spiro atoms. The molecule has 0 fully saturated rings. The van der Waals surface area contributed by atoms with E-state index in [-0.39, 0.29) is 0 Å². The van der Waals surface area contributed by atoms with E-state index in [1.54, 1.807) is 38.6 Å². The summed E-state index contributed by atoms with van der Waals surface area (Å²) in [6, 6.07) is 10.9. The Morgan fingerprint density at radius 2 is 2.00 bits per heavy atom. The smallest absolute Gasteiger partial charge is 0.126 e. The first-order valence-corrected chi connectivity index (χ1v) is 6.24. The second kappa shape index (κ2) is 6.73. The molecule has 0 saturated heterocycles. The fourth-order valence-corrected chi connectivity index (χ4v) is 1.81. The number of hydrogen-bond acceptors (Lipinski definition) is 4. The van der Waals surface area contributed by atoms with Crippen molar-refractivity contribution in [1.29, 1.82) is 0 Å². The number of pyridine rings is 1. The molecule has 0 saturated carbocycles. The van der Waals surface area contributed by atoms with Gasteiger partial charge in [0, 0.05) is 11.8 Å². The zero-order valence-corrected chi connectivity index (χ0v) is 11.5. The quantitative estimate of drug-likeness (QED) is 0.908. The Labute approximate surface area is 118 Å². The van der Waals surface area contributed by atoms with Crippen LogP contribution < -0.4 is 9.47 Å². The maximum atomic E-state index is 10.1. The van der Waals surface area contributed by atoms with Crippen LogP contribution in [0.4, 0.5) is 0 Å². The van der Waals surface area contributed by atoms with Crippen molar-refractivity contribution >= 4 is 6.08 Å². The van der Waals surface area contributed by atoms with Crippen molar-refractivity contribution in [3.63, 3.8) is 0 Å². The molecule has 2 rings (SSSR count). The van der Waals surface area contributed by atoms with Gasteiger partial charge in [-0.05, 0) is 36.4 Å². The molecular weight excluding hydrogens is 254 g/mol. The number of hydrogen-bond donors (Lipinski definition) is 1. The highest BCUT2D eigenvalue weighted by molar-refractivity contribution is 5.60. The maximum Gasteiger partial charge on any atom is 0.126 e. The number of benzene rings is 1. The van der Waals surface area contributed by atoms with E-state index >= 15 is 0 Å². The number of methoxy groups -OCH3 is 2. The van der Waals surface area contributed by atoms with Crippen LogP contribution in [-0.2, 0) is 0 Å². The van der Waals surface area contributed by atoms with Crippen LogP contribution in [0.2, 0.25) is 0 Å². The first kappa shape index (κ1) is 14.1. The largest absolute Gasteiger partial charge is 0.497 e. The maximum absolute atomic E-state index is 10.1. The Hall–Kier alpha value is -2.33. The van der Waals surface area contributed by atoms with Gasteiger partial charge in [-0.1, -0.05) is 12.1 Å².